The number of hydrogen-bond acceptors (Lipinski definition) is 8. The summed E-state index contributed by atoms with van der Waals surface area (Å²) in [5.74, 6) is -1.87. The van der Waals surface area contributed by atoms with Crippen molar-refractivity contribution >= 4 is 96.9 Å². The highest BCUT2D eigenvalue weighted by Crippen LogP contribution is 2.43. The summed E-state index contributed by atoms with van der Waals surface area (Å²) in [4.78, 5) is 40.2. The van der Waals surface area contributed by atoms with Gasteiger partial charge in [-0.25, -0.2) is 4.79 Å². The van der Waals surface area contributed by atoms with E-state index in [0.29, 0.717) is 34.9 Å². The Morgan fingerprint density at radius 2 is 1.11 bits per heavy atom. The molecule has 0 bridgehead atoms. The van der Waals surface area contributed by atoms with Gasteiger partial charge < -0.3 is 40.6 Å². The molecule has 6 N–H and O–H groups in total. The van der Waals surface area contributed by atoms with Crippen molar-refractivity contribution in [3.05, 3.63) is 16.3 Å². The smallest absolute Gasteiger partial charge is 0.338 e. The number of carboxylic acids is 1. The van der Waals surface area contributed by atoms with Crippen molar-refractivity contribution in [3.8, 4) is 0 Å². The fraction of sp³-hybridized carbons (Fsp3) is 0.609. The number of aliphatic hydroxyl groups excluding tert-OH is 4. The lowest BCUT2D eigenvalue weighted by atomic mass is 10.1. The van der Waals surface area contributed by atoms with Crippen molar-refractivity contribution in [1.29, 1.82) is 0 Å². The van der Waals surface area contributed by atoms with E-state index >= 15 is 0 Å². The van der Waals surface area contributed by atoms with Crippen molar-refractivity contribution in [1.82, 2.24) is 5.32 Å². The molecule has 212 valence electrons. The molecule has 0 aliphatic carbocycles. The second kappa shape index (κ2) is 18.8. The standard InChI is InChI=1S/C21H29I3N2O8.C2H7N/c1-11(29)25(7-3-5-13(31)9-27)19-16(22)15(21(33)34)17(23)20(18(19)24)26(12(2)30)8-4-6-14(32)10-28;1-3-2/h13-14,27-28,31-32H,3-10H2,1-2H3,(H,33,34);3H,1-2H3. The molecule has 0 radical (unpaired) electrons. The largest absolute Gasteiger partial charge is 0.478 e. The first kappa shape index (κ1) is 36.6. The monoisotopic (exact) mass is 863 g/mol. The number of carboxylic acid groups (broad SMARTS) is 1. The van der Waals surface area contributed by atoms with Gasteiger partial charge in [0.05, 0.1) is 53.1 Å². The molecule has 11 nitrogen and oxygen atoms in total. The molecule has 0 fully saturated rings. The number of nitrogens with zero attached hydrogens (tertiary/aromatic N) is 2. The first-order valence-corrected chi connectivity index (χ1v) is 14.7. The number of halogens is 3. The quantitative estimate of drug-likeness (QED) is 0.163. The first-order valence-electron chi connectivity index (χ1n) is 11.5. The minimum atomic E-state index is -1.20. The van der Waals surface area contributed by atoms with E-state index in [1.807, 2.05) is 81.9 Å². The highest BCUT2D eigenvalue weighted by molar-refractivity contribution is 14.1. The summed E-state index contributed by atoms with van der Waals surface area (Å²) < 4.78 is 1.21. The summed E-state index contributed by atoms with van der Waals surface area (Å²) >= 11 is 5.79. The Morgan fingerprint density at radius 3 is 1.35 bits per heavy atom. The zero-order chi connectivity index (χ0) is 28.9. The Hall–Kier alpha value is -0.380. The van der Waals surface area contributed by atoms with E-state index in [1.54, 1.807) is 0 Å². The first-order chi connectivity index (χ1) is 17.3. The van der Waals surface area contributed by atoms with Gasteiger partial charge in [-0.15, -0.1) is 0 Å². The summed E-state index contributed by atoms with van der Waals surface area (Å²) in [6.07, 6.45) is -0.598. The molecule has 0 aliphatic rings. The van der Waals surface area contributed by atoms with Crippen LogP contribution < -0.4 is 15.1 Å². The van der Waals surface area contributed by atoms with Crippen LogP contribution in [0.15, 0.2) is 0 Å². The Labute approximate surface area is 258 Å². The number of anilines is 2. The van der Waals surface area contributed by atoms with Gasteiger partial charge in [-0.05, 0) is 108 Å². The SMILES string of the molecule is CC(=O)N(CCCC(O)CO)c1c(I)c(C(=O)O)c(I)c(N(CCCC(O)CO)C(C)=O)c1I.CNC. The number of rotatable bonds is 13. The van der Waals surface area contributed by atoms with Crippen LogP contribution in [-0.4, -0.2) is 95.9 Å². The summed E-state index contributed by atoms with van der Waals surface area (Å²) in [7, 11) is 3.75. The molecule has 2 amide bonds. The Balaban J connectivity index is 0.00000410. The zero-order valence-electron chi connectivity index (χ0n) is 21.3. The summed E-state index contributed by atoms with van der Waals surface area (Å²) in [6.45, 7) is 2.27. The van der Waals surface area contributed by atoms with Gasteiger partial charge in [-0.3, -0.25) is 9.59 Å². The number of hydrogen-bond donors (Lipinski definition) is 6. The number of carbonyl (C=O) groups is 3. The number of aromatic carboxylic acids is 1. The van der Waals surface area contributed by atoms with Gasteiger partial charge in [0.15, 0.2) is 0 Å². The van der Waals surface area contributed by atoms with Crippen molar-refractivity contribution in [2.75, 3.05) is 50.2 Å². The van der Waals surface area contributed by atoms with Crippen LogP contribution in [-0.2, 0) is 9.59 Å². The lowest BCUT2D eigenvalue weighted by Crippen LogP contribution is -2.36. The van der Waals surface area contributed by atoms with Crippen molar-refractivity contribution < 1.29 is 39.9 Å². The van der Waals surface area contributed by atoms with Gasteiger partial charge in [0.25, 0.3) is 0 Å². The summed E-state index contributed by atoms with van der Waals surface area (Å²) in [5, 5.41) is 50.1. The fourth-order valence-electron chi connectivity index (χ4n) is 3.31. The molecule has 1 aromatic rings. The molecule has 0 aromatic heterocycles. The van der Waals surface area contributed by atoms with Crippen LogP contribution >= 0.6 is 67.8 Å². The second-order valence-corrected chi connectivity index (χ2v) is 11.4. The van der Waals surface area contributed by atoms with E-state index in [4.69, 9.17) is 10.2 Å². The lowest BCUT2D eigenvalue weighted by molar-refractivity contribution is -0.117. The number of amides is 2. The summed E-state index contributed by atoms with van der Waals surface area (Å²) in [6, 6.07) is 0. The Bertz CT molecular complexity index is 859. The van der Waals surface area contributed by atoms with Gasteiger partial charge in [-0.1, -0.05) is 0 Å². The Kier molecular flexibility index (Phi) is 18.6. The number of benzene rings is 1. The molecular formula is C23H36I3N3O8. The molecule has 2 atom stereocenters. The topological polar surface area (TPSA) is 171 Å². The minimum absolute atomic E-state index is 0.0325. The van der Waals surface area contributed by atoms with Crippen molar-refractivity contribution in [2.45, 2.75) is 51.7 Å². The predicted molar refractivity (Wildman–Crippen MR) is 167 cm³/mol. The summed E-state index contributed by atoms with van der Waals surface area (Å²) in [5.41, 5.74) is 0.693. The van der Waals surface area contributed by atoms with E-state index in [2.05, 4.69) is 5.32 Å². The molecule has 1 aromatic carbocycles. The van der Waals surface area contributed by atoms with Gasteiger partial charge in [0, 0.05) is 26.9 Å². The van der Waals surface area contributed by atoms with E-state index in [-0.39, 0.29) is 43.3 Å². The van der Waals surface area contributed by atoms with Crippen LogP contribution in [0.2, 0.25) is 0 Å². The third-order valence-corrected chi connectivity index (χ3v) is 8.17. The molecule has 0 spiro atoms. The molecule has 0 saturated heterocycles. The van der Waals surface area contributed by atoms with Gasteiger partial charge in [0.2, 0.25) is 11.8 Å². The van der Waals surface area contributed by atoms with Crippen molar-refractivity contribution in [2.24, 2.45) is 0 Å². The maximum atomic E-state index is 12.6. The molecule has 0 heterocycles. The van der Waals surface area contributed by atoms with Gasteiger partial charge in [0.1, 0.15) is 0 Å². The normalized spacial score (nSPS) is 12.3. The van der Waals surface area contributed by atoms with Crippen LogP contribution in [0, 0.1) is 10.7 Å². The van der Waals surface area contributed by atoms with Crippen LogP contribution in [0.5, 0.6) is 0 Å². The molecule has 2 unspecified atom stereocenters. The van der Waals surface area contributed by atoms with Gasteiger partial charge >= 0.3 is 5.97 Å². The third kappa shape index (κ3) is 11.3. The number of carbonyl (C=O) groups excluding carboxylic acids is 2. The molecule has 37 heavy (non-hydrogen) atoms. The van der Waals surface area contributed by atoms with Crippen LogP contribution in [0.25, 0.3) is 0 Å². The molecule has 0 saturated carbocycles. The maximum Gasteiger partial charge on any atom is 0.338 e. The number of nitrogens with one attached hydrogen (secondary N) is 1. The maximum absolute atomic E-state index is 12.6. The highest BCUT2D eigenvalue weighted by atomic mass is 127. The average molecular weight is 863 g/mol. The molecule has 0 aliphatic heterocycles. The fourth-order valence-corrected chi connectivity index (χ4v) is 8.10. The minimum Gasteiger partial charge on any atom is -0.478 e. The highest BCUT2D eigenvalue weighted by Gasteiger charge is 2.31. The van der Waals surface area contributed by atoms with E-state index in [1.165, 1.54) is 23.6 Å². The zero-order valence-corrected chi connectivity index (χ0v) is 27.8. The van der Waals surface area contributed by atoms with Crippen LogP contribution in [0.1, 0.15) is 49.9 Å². The average Bonchev–Trinajstić information content (AvgIpc) is 2.81. The predicted octanol–water partition coefficient (Wildman–Crippen LogP) is 2.01. The lowest BCUT2D eigenvalue weighted by Gasteiger charge is -2.31. The Morgan fingerprint density at radius 1 is 0.784 bits per heavy atom. The molecular weight excluding hydrogens is 827 g/mol. The van der Waals surface area contributed by atoms with Gasteiger partial charge in [-0.2, -0.15) is 0 Å². The third-order valence-electron chi connectivity index (χ3n) is 5.04. The molecule has 1 rings (SSSR count). The van der Waals surface area contributed by atoms with Crippen LogP contribution in [0.4, 0.5) is 11.4 Å². The van der Waals surface area contributed by atoms with E-state index < -0.39 is 31.4 Å². The van der Waals surface area contributed by atoms with Crippen LogP contribution in [0.3, 0.4) is 0 Å². The molecule has 14 heteroatoms. The van der Waals surface area contributed by atoms with E-state index in [0.717, 1.165) is 0 Å². The number of aliphatic hydroxyl groups is 4. The van der Waals surface area contributed by atoms with Crippen molar-refractivity contribution in [3.63, 3.8) is 0 Å². The van der Waals surface area contributed by atoms with E-state index in [9.17, 15) is 29.7 Å². The second-order valence-electron chi connectivity index (χ2n) is 8.12.